The maximum absolute atomic E-state index is 12.6. The summed E-state index contributed by atoms with van der Waals surface area (Å²) in [5, 5.41) is 4.36. The molecule has 2 aliphatic heterocycles. The number of esters is 1. The fourth-order valence-electron chi connectivity index (χ4n) is 3.32. The minimum absolute atomic E-state index is 0.121. The van der Waals surface area contributed by atoms with Crippen molar-refractivity contribution in [1.82, 2.24) is 19.5 Å². The zero-order valence-electron chi connectivity index (χ0n) is 12.4. The summed E-state index contributed by atoms with van der Waals surface area (Å²) in [7, 11) is 0. The van der Waals surface area contributed by atoms with Crippen molar-refractivity contribution in [2.45, 2.75) is 13.8 Å². The summed E-state index contributed by atoms with van der Waals surface area (Å²) in [6.07, 6.45) is 0. The number of ether oxygens (including phenoxy) is 1. The number of carbonyl (C=O) groups excluding carboxylic acids is 2. The van der Waals surface area contributed by atoms with Crippen molar-refractivity contribution in [1.29, 1.82) is 0 Å². The molecule has 2 aliphatic rings. The molecule has 0 saturated carbocycles. The Morgan fingerprint density at radius 1 is 1.32 bits per heavy atom. The quantitative estimate of drug-likeness (QED) is 0.720. The van der Waals surface area contributed by atoms with Crippen LogP contribution in [-0.2, 0) is 9.53 Å². The molecule has 7 nitrogen and oxygen atoms in total. The number of nitrogens with zero attached hydrogens (tertiary/aromatic N) is 4. The molecule has 0 aromatic carbocycles. The number of fused-ring (bicyclic) bond motifs is 2. The molecule has 0 radical (unpaired) electrons. The van der Waals surface area contributed by atoms with Crippen LogP contribution in [0.4, 0.5) is 0 Å². The molecule has 7 heteroatoms. The third kappa shape index (κ3) is 1.88. The Labute approximate surface area is 126 Å². The van der Waals surface area contributed by atoms with Gasteiger partial charge < -0.3 is 9.64 Å². The van der Waals surface area contributed by atoms with Crippen molar-refractivity contribution in [2.75, 3.05) is 19.7 Å². The predicted octanol–water partition coefficient (Wildman–Crippen LogP) is 0.591. The summed E-state index contributed by atoms with van der Waals surface area (Å²) in [5.74, 6) is -0.396. The van der Waals surface area contributed by atoms with Gasteiger partial charge in [-0.15, -0.1) is 0 Å². The number of rotatable bonds is 1. The first kappa shape index (κ1) is 13.2. The van der Waals surface area contributed by atoms with Crippen molar-refractivity contribution in [3.05, 3.63) is 29.2 Å². The summed E-state index contributed by atoms with van der Waals surface area (Å²) in [6.45, 7) is 5.22. The van der Waals surface area contributed by atoms with E-state index < -0.39 is 0 Å². The molecule has 2 aromatic heterocycles. The molecule has 0 bridgehead atoms. The van der Waals surface area contributed by atoms with E-state index in [2.05, 4.69) is 10.1 Å². The summed E-state index contributed by atoms with van der Waals surface area (Å²) >= 11 is 0. The van der Waals surface area contributed by atoms with Crippen LogP contribution >= 0.6 is 0 Å². The van der Waals surface area contributed by atoms with Crippen LogP contribution in [0.2, 0.25) is 0 Å². The van der Waals surface area contributed by atoms with E-state index in [1.807, 2.05) is 19.9 Å². The number of hydrogen-bond donors (Lipinski definition) is 0. The van der Waals surface area contributed by atoms with Crippen LogP contribution in [-0.4, -0.2) is 51.1 Å². The summed E-state index contributed by atoms with van der Waals surface area (Å²) in [5.41, 5.74) is 2.86. The smallest absolute Gasteiger partial charge is 0.311 e. The first-order chi connectivity index (χ1) is 10.5. The van der Waals surface area contributed by atoms with Gasteiger partial charge in [0.2, 0.25) is 0 Å². The van der Waals surface area contributed by atoms with Gasteiger partial charge >= 0.3 is 5.97 Å². The Morgan fingerprint density at radius 3 is 2.91 bits per heavy atom. The minimum Gasteiger partial charge on any atom is -0.465 e. The number of hydrogen-bond acceptors (Lipinski definition) is 5. The highest BCUT2D eigenvalue weighted by molar-refractivity contribution is 5.94. The highest BCUT2D eigenvalue weighted by atomic mass is 16.5. The number of aromatic nitrogens is 3. The molecule has 22 heavy (non-hydrogen) atoms. The van der Waals surface area contributed by atoms with E-state index in [0.29, 0.717) is 31.0 Å². The van der Waals surface area contributed by atoms with E-state index in [1.165, 1.54) is 0 Å². The molecule has 0 N–H and O–H groups in total. The first-order valence-corrected chi connectivity index (χ1v) is 7.33. The molecule has 2 fully saturated rings. The Bertz CT molecular complexity index is 797. The van der Waals surface area contributed by atoms with E-state index in [4.69, 9.17) is 4.74 Å². The summed E-state index contributed by atoms with van der Waals surface area (Å²) in [4.78, 5) is 30.3. The summed E-state index contributed by atoms with van der Waals surface area (Å²) in [6, 6.07) is 3.62. The predicted molar refractivity (Wildman–Crippen MR) is 76.3 cm³/mol. The molecule has 2 atom stereocenters. The second-order valence-corrected chi connectivity index (χ2v) is 6.05. The monoisotopic (exact) mass is 300 g/mol. The van der Waals surface area contributed by atoms with E-state index >= 15 is 0 Å². The lowest BCUT2D eigenvalue weighted by molar-refractivity contribution is -0.141. The second-order valence-electron chi connectivity index (χ2n) is 6.05. The van der Waals surface area contributed by atoms with Gasteiger partial charge in [-0.1, -0.05) is 0 Å². The Balaban J connectivity index is 1.64. The maximum atomic E-state index is 12.6. The SMILES string of the molecule is Cc1cc(C)n2nc(C(=O)N3C[C@@H]4COC(=O)[C@@H]4C3)cc2n1. The van der Waals surface area contributed by atoms with Crippen molar-refractivity contribution >= 4 is 17.5 Å². The molecule has 0 unspecified atom stereocenters. The van der Waals surface area contributed by atoms with Crippen LogP contribution in [0.15, 0.2) is 12.1 Å². The fraction of sp³-hybridized carbons (Fsp3) is 0.467. The van der Waals surface area contributed by atoms with Crippen LogP contribution in [0.25, 0.3) is 5.65 Å². The van der Waals surface area contributed by atoms with Crippen LogP contribution in [0, 0.1) is 25.7 Å². The molecule has 2 aromatic rings. The van der Waals surface area contributed by atoms with Crippen molar-refractivity contribution < 1.29 is 14.3 Å². The topological polar surface area (TPSA) is 76.8 Å². The van der Waals surface area contributed by atoms with Crippen LogP contribution in [0.1, 0.15) is 21.9 Å². The second kappa shape index (κ2) is 4.53. The number of cyclic esters (lactones) is 1. The molecule has 0 aliphatic carbocycles. The fourth-order valence-corrected chi connectivity index (χ4v) is 3.32. The molecule has 0 spiro atoms. The standard InChI is InChI=1S/C15H16N4O3/c1-8-3-9(2)19-13(16-8)4-12(17-19)14(20)18-5-10-7-22-15(21)11(10)6-18/h3-4,10-11H,5-7H2,1-2H3/t10-,11-/m1/s1. The first-order valence-electron chi connectivity index (χ1n) is 7.33. The molecule has 4 rings (SSSR count). The number of amides is 1. The van der Waals surface area contributed by atoms with Crippen LogP contribution < -0.4 is 0 Å². The molecule has 1 amide bonds. The normalized spacial score (nSPS) is 23.9. The van der Waals surface area contributed by atoms with Gasteiger partial charge in [0.1, 0.15) is 0 Å². The zero-order chi connectivity index (χ0) is 15.4. The van der Waals surface area contributed by atoms with E-state index in [0.717, 1.165) is 11.4 Å². The van der Waals surface area contributed by atoms with Gasteiger partial charge in [0, 0.05) is 36.5 Å². The lowest BCUT2D eigenvalue weighted by Gasteiger charge is -2.15. The number of aryl methyl sites for hydroxylation is 2. The zero-order valence-corrected chi connectivity index (χ0v) is 12.4. The Hall–Kier alpha value is -2.44. The Kier molecular flexibility index (Phi) is 2.72. The largest absolute Gasteiger partial charge is 0.465 e. The minimum atomic E-state index is -0.191. The third-order valence-electron chi connectivity index (χ3n) is 4.42. The van der Waals surface area contributed by atoms with Gasteiger partial charge in [0.05, 0.1) is 12.5 Å². The average Bonchev–Trinajstić information content (AvgIpc) is 3.14. The summed E-state index contributed by atoms with van der Waals surface area (Å²) < 4.78 is 6.70. The maximum Gasteiger partial charge on any atom is 0.311 e. The van der Waals surface area contributed by atoms with Gasteiger partial charge in [-0.3, -0.25) is 9.59 Å². The highest BCUT2D eigenvalue weighted by Gasteiger charge is 2.45. The third-order valence-corrected chi connectivity index (χ3v) is 4.42. The van der Waals surface area contributed by atoms with Gasteiger partial charge in [-0.05, 0) is 19.9 Å². The number of likely N-dealkylation sites (tertiary alicyclic amines) is 1. The van der Waals surface area contributed by atoms with Crippen molar-refractivity contribution in [3.63, 3.8) is 0 Å². The lowest BCUT2D eigenvalue weighted by atomic mass is 10.0. The van der Waals surface area contributed by atoms with Crippen molar-refractivity contribution in [3.8, 4) is 0 Å². The molecule has 4 heterocycles. The van der Waals surface area contributed by atoms with Crippen LogP contribution in [0.5, 0.6) is 0 Å². The van der Waals surface area contributed by atoms with Gasteiger partial charge in [0.25, 0.3) is 5.91 Å². The molecular formula is C15H16N4O3. The van der Waals surface area contributed by atoms with Gasteiger partial charge in [-0.2, -0.15) is 5.10 Å². The molecule has 2 saturated heterocycles. The van der Waals surface area contributed by atoms with Crippen molar-refractivity contribution in [2.24, 2.45) is 11.8 Å². The average molecular weight is 300 g/mol. The lowest BCUT2D eigenvalue weighted by Crippen LogP contribution is -2.31. The molecule has 114 valence electrons. The number of carbonyl (C=O) groups is 2. The van der Waals surface area contributed by atoms with E-state index in [-0.39, 0.29) is 23.7 Å². The molecular weight excluding hydrogens is 284 g/mol. The van der Waals surface area contributed by atoms with Gasteiger partial charge in [-0.25, -0.2) is 9.50 Å². The van der Waals surface area contributed by atoms with Gasteiger partial charge in [0.15, 0.2) is 11.3 Å². The van der Waals surface area contributed by atoms with Crippen LogP contribution in [0.3, 0.4) is 0 Å². The van der Waals surface area contributed by atoms with E-state index in [9.17, 15) is 9.59 Å². The Morgan fingerprint density at radius 2 is 2.14 bits per heavy atom. The van der Waals surface area contributed by atoms with E-state index in [1.54, 1.807) is 15.5 Å². The highest BCUT2D eigenvalue weighted by Crippen LogP contribution is 2.31.